The van der Waals surface area contributed by atoms with Gasteiger partial charge in [-0.25, -0.2) is 12.7 Å². The maximum absolute atomic E-state index is 13.5. The van der Waals surface area contributed by atoms with Crippen LogP contribution in [-0.4, -0.2) is 56.1 Å². The summed E-state index contributed by atoms with van der Waals surface area (Å²) in [4.78, 5) is 13.5. The fourth-order valence-electron chi connectivity index (χ4n) is 4.28. The highest BCUT2D eigenvalue weighted by molar-refractivity contribution is 7.89. The summed E-state index contributed by atoms with van der Waals surface area (Å²) in [5.41, 5.74) is 0.311. The van der Waals surface area contributed by atoms with E-state index in [4.69, 9.17) is 0 Å². The van der Waals surface area contributed by atoms with Crippen molar-refractivity contribution in [1.82, 2.24) is 14.9 Å². The number of hydrogen-bond donors (Lipinski definition) is 2. The van der Waals surface area contributed by atoms with Crippen LogP contribution in [0.1, 0.15) is 45.1 Å². The lowest BCUT2D eigenvalue weighted by Gasteiger charge is -2.42. The molecule has 2 saturated heterocycles. The maximum atomic E-state index is 13.5. The van der Waals surface area contributed by atoms with Gasteiger partial charge in [0.05, 0.1) is 11.2 Å². The number of rotatable bonds is 5. The SMILES string of the molecule is CCS(=O)(=O)N1CCC(C(=O)NC2CCCNC2C)(c2ccccc2)CC1.Cl. The van der Waals surface area contributed by atoms with E-state index in [-0.39, 0.29) is 36.2 Å². The summed E-state index contributed by atoms with van der Waals surface area (Å²) in [6.07, 6.45) is 3.05. The van der Waals surface area contributed by atoms with Gasteiger partial charge in [-0.3, -0.25) is 4.79 Å². The second-order valence-electron chi connectivity index (χ2n) is 7.71. The van der Waals surface area contributed by atoms with Crippen LogP contribution >= 0.6 is 12.4 Å². The van der Waals surface area contributed by atoms with E-state index >= 15 is 0 Å². The predicted octanol–water partition coefficient (Wildman–Crippen LogP) is 2.05. The molecule has 0 spiro atoms. The Hall–Kier alpha value is -1.15. The summed E-state index contributed by atoms with van der Waals surface area (Å²) in [6.45, 7) is 5.53. The van der Waals surface area contributed by atoms with Crippen molar-refractivity contribution in [1.29, 1.82) is 0 Å². The van der Waals surface area contributed by atoms with Crippen molar-refractivity contribution in [3.63, 3.8) is 0 Å². The van der Waals surface area contributed by atoms with Gasteiger partial charge in [-0.05, 0) is 51.6 Å². The van der Waals surface area contributed by atoms with Crippen molar-refractivity contribution < 1.29 is 13.2 Å². The van der Waals surface area contributed by atoms with E-state index in [1.807, 2.05) is 30.3 Å². The van der Waals surface area contributed by atoms with E-state index in [0.29, 0.717) is 25.9 Å². The third-order valence-corrected chi connectivity index (χ3v) is 8.05. The van der Waals surface area contributed by atoms with Gasteiger partial charge in [0.1, 0.15) is 0 Å². The fourth-order valence-corrected chi connectivity index (χ4v) is 5.38. The molecule has 2 unspecified atom stereocenters. The molecule has 0 aliphatic carbocycles. The van der Waals surface area contributed by atoms with E-state index in [0.717, 1.165) is 24.9 Å². The smallest absolute Gasteiger partial charge is 0.231 e. The predicted molar refractivity (Wildman–Crippen MR) is 114 cm³/mol. The van der Waals surface area contributed by atoms with Crippen LogP contribution in [0.15, 0.2) is 30.3 Å². The first-order chi connectivity index (χ1) is 12.9. The lowest BCUT2D eigenvalue weighted by Crippen LogP contribution is -2.58. The number of halogens is 1. The van der Waals surface area contributed by atoms with Gasteiger partial charge in [0.2, 0.25) is 15.9 Å². The summed E-state index contributed by atoms with van der Waals surface area (Å²) in [7, 11) is -3.22. The molecule has 3 rings (SSSR count). The molecule has 2 N–H and O–H groups in total. The molecule has 1 aromatic rings. The fraction of sp³-hybridized carbons (Fsp3) is 0.650. The van der Waals surface area contributed by atoms with Crippen molar-refractivity contribution in [2.75, 3.05) is 25.4 Å². The Labute approximate surface area is 174 Å². The van der Waals surface area contributed by atoms with Crippen LogP contribution in [0.2, 0.25) is 0 Å². The number of hydrogen-bond acceptors (Lipinski definition) is 4. The first kappa shape index (κ1) is 23.1. The zero-order chi connectivity index (χ0) is 19.5. The third kappa shape index (κ3) is 4.70. The first-order valence-corrected chi connectivity index (χ1v) is 11.6. The average Bonchev–Trinajstić information content (AvgIpc) is 2.70. The Morgan fingerprint density at radius 2 is 1.89 bits per heavy atom. The highest BCUT2D eigenvalue weighted by Gasteiger charge is 2.45. The molecular weight excluding hydrogens is 398 g/mol. The Bertz CT molecular complexity index is 749. The lowest BCUT2D eigenvalue weighted by atomic mass is 9.72. The highest BCUT2D eigenvalue weighted by atomic mass is 35.5. The van der Waals surface area contributed by atoms with Gasteiger partial charge in [-0.2, -0.15) is 0 Å². The largest absolute Gasteiger partial charge is 0.351 e. The first-order valence-electron chi connectivity index (χ1n) is 9.97. The molecule has 2 aliphatic rings. The molecule has 0 radical (unpaired) electrons. The molecule has 2 heterocycles. The van der Waals surface area contributed by atoms with Crippen molar-refractivity contribution in [3.8, 4) is 0 Å². The molecule has 6 nitrogen and oxygen atoms in total. The summed E-state index contributed by atoms with van der Waals surface area (Å²) in [6, 6.07) is 10.2. The van der Waals surface area contributed by atoms with Gasteiger partial charge < -0.3 is 10.6 Å². The van der Waals surface area contributed by atoms with Gasteiger partial charge in [0.25, 0.3) is 0 Å². The Kier molecular flexibility index (Phi) is 7.90. The van der Waals surface area contributed by atoms with Gasteiger partial charge in [-0.15, -0.1) is 12.4 Å². The van der Waals surface area contributed by atoms with E-state index in [1.54, 1.807) is 6.92 Å². The van der Waals surface area contributed by atoms with Crippen molar-refractivity contribution in [2.24, 2.45) is 0 Å². The van der Waals surface area contributed by atoms with Crippen molar-refractivity contribution in [3.05, 3.63) is 35.9 Å². The normalized spacial score (nSPS) is 25.5. The molecular formula is C20H32ClN3O3S. The number of amides is 1. The van der Waals surface area contributed by atoms with Crippen molar-refractivity contribution >= 4 is 28.3 Å². The minimum atomic E-state index is -3.22. The van der Waals surface area contributed by atoms with E-state index in [2.05, 4.69) is 17.6 Å². The number of carbonyl (C=O) groups excluding carboxylic acids is 1. The van der Waals surface area contributed by atoms with Crippen LogP contribution in [0.25, 0.3) is 0 Å². The molecule has 0 saturated carbocycles. The monoisotopic (exact) mass is 429 g/mol. The summed E-state index contributed by atoms with van der Waals surface area (Å²) < 4.78 is 26.0. The van der Waals surface area contributed by atoms with Crippen molar-refractivity contribution in [2.45, 2.75) is 57.0 Å². The Balaban J connectivity index is 0.00000280. The van der Waals surface area contributed by atoms with Crippen LogP contribution in [0.5, 0.6) is 0 Å². The topological polar surface area (TPSA) is 78.5 Å². The molecule has 0 aromatic heterocycles. The number of nitrogens with one attached hydrogen (secondary N) is 2. The van der Waals surface area contributed by atoms with Crippen LogP contribution in [0, 0.1) is 0 Å². The number of benzene rings is 1. The number of sulfonamides is 1. The number of piperidine rings is 2. The van der Waals surface area contributed by atoms with Gasteiger partial charge in [0.15, 0.2) is 0 Å². The Morgan fingerprint density at radius 1 is 1.25 bits per heavy atom. The quantitative estimate of drug-likeness (QED) is 0.750. The minimum absolute atomic E-state index is 0. The molecule has 2 aliphatic heterocycles. The number of carbonyl (C=O) groups is 1. The highest BCUT2D eigenvalue weighted by Crippen LogP contribution is 2.37. The second-order valence-corrected chi connectivity index (χ2v) is 9.97. The van der Waals surface area contributed by atoms with Gasteiger partial charge in [-0.1, -0.05) is 30.3 Å². The van der Waals surface area contributed by atoms with Crippen LogP contribution in [0.3, 0.4) is 0 Å². The second kappa shape index (κ2) is 9.57. The average molecular weight is 430 g/mol. The van der Waals surface area contributed by atoms with Gasteiger partial charge in [0, 0.05) is 25.2 Å². The van der Waals surface area contributed by atoms with Crippen LogP contribution in [0.4, 0.5) is 0 Å². The molecule has 158 valence electrons. The zero-order valence-electron chi connectivity index (χ0n) is 16.7. The zero-order valence-corrected chi connectivity index (χ0v) is 18.3. The standard InChI is InChI=1S/C20H31N3O3S.ClH/c1-3-27(25,26)23-14-11-20(12-15-23,17-8-5-4-6-9-17)19(24)22-18-10-7-13-21-16(18)2;/h4-6,8-9,16,18,21H,3,7,10-15H2,1-2H3,(H,22,24);1H. The molecule has 1 amide bonds. The van der Waals surface area contributed by atoms with E-state index in [1.165, 1.54) is 4.31 Å². The molecule has 8 heteroatoms. The molecule has 1 aromatic carbocycles. The number of nitrogens with zero attached hydrogens (tertiary/aromatic N) is 1. The minimum Gasteiger partial charge on any atom is -0.351 e. The molecule has 28 heavy (non-hydrogen) atoms. The molecule has 0 bridgehead atoms. The van der Waals surface area contributed by atoms with E-state index in [9.17, 15) is 13.2 Å². The van der Waals surface area contributed by atoms with E-state index < -0.39 is 15.4 Å². The molecule has 2 fully saturated rings. The summed E-state index contributed by atoms with van der Waals surface area (Å²) in [5, 5.41) is 6.70. The summed E-state index contributed by atoms with van der Waals surface area (Å²) >= 11 is 0. The lowest BCUT2D eigenvalue weighted by molar-refractivity contribution is -0.129. The maximum Gasteiger partial charge on any atom is 0.231 e. The van der Waals surface area contributed by atoms with Gasteiger partial charge >= 0.3 is 0 Å². The van der Waals surface area contributed by atoms with Crippen LogP contribution < -0.4 is 10.6 Å². The third-order valence-electron chi connectivity index (χ3n) is 6.17. The van der Waals surface area contributed by atoms with Crippen LogP contribution in [-0.2, 0) is 20.2 Å². The molecule has 2 atom stereocenters. The Morgan fingerprint density at radius 3 is 2.46 bits per heavy atom. The summed E-state index contributed by atoms with van der Waals surface area (Å²) in [5.74, 6) is 0.130.